The molecule has 4 aromatic rings. The predicted molar refractivity (Wildman–Crippen MR) is 165 cm³/mol. The van der Waals surface area contributed by atoms with Crippen LogP contribution < -0.4 is 34.4 Å². The molecule has 4 rings (SSSR count). The van der Waals surface area contributed by atoms with Crippen LogP contribution in [0.1, 0.15) is 43.6 Å². The number of hydrogen-bond donors (Lipinski definition) is 2. The van der Waals surface area contributed by atoms with Gasteiger partial charge in [0.05, 0.1) is 39.7 Å². The molecule has 2 N–H and O–H groups in total. The fraction of sp³-hybridized carbons (Fsp3) is 0.152. The van der Waals surface area contributed by atoms with Crippen molar-refractivity contribution in [2.75, 3.05) is 33.3 Å². The van der Waals surface area contributed by atoms with Crippen LogP contribution in [0, 0.1) is 0 Å². The topological polar surface area (TPSA) is 134 Å². The van der Waals surface area contributed by atoms with Crippen molar-refractivity contribution in [3.05, 3.63) is 107 Å². The molecule has 11 nitrogen and oxygen atoms in total. The van der Waals surface area contributed by atoms with Gasteiger partial charge >= 0.3 is 5.97 Å². The molecule has 0 unspecified atom stereocenters. The molecule has 0 aliphatic heterocycles. The van der Waals surface area contributed by atoms with Crippen molar-refractivity contribution in [2.24, 2.45) is 5.10 Å². The molecule has 0 saturated heterocycles. The van der Waals surface area contributed by atoms with E-state index in [1.807, 2.05) is 13.0 Å². The summed E-state index contributed by atoms with van der Waals surface area (Å²) >= 11 is 0. The van der Waals surface area contributed by atoms with Gasteiger partial charge in [0.1, 0.15) is 0 Å². The molecule has 0 fully saturated rings. The highest BCUT2D eigenvalue weighted by molar-refractivity contribution is 6.05. The minimum Gasteiger partial charge on any atom is -0.493 e. The number of carbonyl (C=O) groups is 3. The average Bonchev–Trinajstić information content (AvgIpc) is 3.05. The molecular formula is C33H31N3O8. The Morgan fingerprint density at radius 3 is 2.00 bits per heavy atom. The number of benzene rings is 4. The Morgan fingerprint density at radius 1 is 0.705 bits per heavy atom. The van der Waals surface area contributed by atoms with E-state index >= 15 is 0 Å². The van der Waals surface area contributed by atoms with Gasteiger partial charge in [-0.15, -0.1) is 0 Å². The minimum atomic E-state index is -0.507. The molecule has 0 aliphatic rings. The van der Waals surface area contributed by atoms with E-state index in [9.17, 15) is 14.4 Å². The van der Waals surface area contributed by atoms with Crippen LogP contribution in [0.3, 0.4) is 0 Å². The van der Waals surface area contributed by atoms with Gasteiger partial charge in [-0.1, -0.05) is 18.2 Å². The fourth-order valence-electron chi connectivity index (χ4n) is 4.04. The van der Waals surface area contributed by atoms with Gasteiger partial charge in [0, 0.05) is 16.8 Å². The largest absolute Gasteiger partial charge is 0.493 e. The highest BCUT2D eigenvalue weighted by Crippen LogP contribution is 2.38. The number of methoxy groups -OCH3 is 3. The molecule has 2 amide bonds. The minimum absolute atomic E-state index is 0.263. The molecule has 0 heterocycles. The van der Waals surface area contributed by atoms with Crippen LogP contribution in [-0.4, -0.2) is 51.9 Å². The van der Waals surface area contributed by atoms with Gasteiger partial charge in [-0.3, -0.25) is 9.59 Å². The molecule has 0 bridgehead atoms. The Balaban J connectivity index is 1.37. The predicted octanol–water partition coefficient (Wildman–Crippen LogP) is 5.35. The lowest BCUT2D eigenvalue weighted by Gasteiger charge is -2.14. The van der Waals surface area contributed by atoms with Crippen LogP contribution in [-0.2, 0) is 0 Å². The number of nitrogens with zero attached hydrogens (tertiary/aromatic N) is 1. The second kappa shape index (κ2) is 14.9. The third kappa shape index (κ3) is 7.71. The quantitative estimate of drug-likeness (QED) is 0.0967. The maximum absolute atomic E-state index is 12.9. The molecule has 0 aliphatic carbocycles. The Bertz CT molecular complexity index is 1630. The van der Waals surface area contributed by atoms with Gasteiger partial charge < -0.3 is 29.0 Å². The normalized spacial score (nSPS) is 10.5. The summed E-state index contributed by atoms with van der Waals surface area (Å²) in [6.07, 6.45) is 1.44. The van der Waals surface area contributed by atoms with Gasteiger partial charge in [-0.2, -0.15) is 5.10 Å². The van der Waals surface area contributed by atoms with Crippen molar-refractivity contribution in [1.82, 2.24) is 5.43 Å². The van der Waals surface area contributed by atoms with Gasteiger partial charge in [0.15, 0.2) is 23.0 Å². The van der Waals surface area contributed by atoms with Gasteiger partial charge in [-0.05, 0) is 79.2 Å². The fourth-order valence-corrected chi connectivity index (χ4v) is 4.04. The van der Waals surface area contributed by atoms with Crippen LogP contribution >= 0.6 is 0 Å². The van der Waals surface area contributed by atoms with Crippen LogP contribution in [0.2, 0.25) is 0 Å². The summed E-state index contributed by atoms with van der Waals surface area (Å²) in [4.78, 5) is 37.9. The Hall–Kier alpha value is -5.84. The maximum Gasteiger partial charge on any atom is 0.343 e. The van der Waals surface area contributed by atoms with Crippen molar-refractivity contribution < 1.29 is 38.1 Å². The van der Waals surface area contributed by atoms with Crippen LogP contribution in [0.4, 0.5) is 5.69 Å². The lowest BCUT2D eigenvalue weighted by atomic mass is 10.1. The van der Waals surface area contributed by atoms with Crippen molar-refractivity contribution in [3.8, 4) is 28.7 Å². The molecule has 0 aromatic heterocycles. The first-order valence-electron chi connectivity index (χ1n) is 13.5. The second-order valence-corrected chi connectivity index (χ2v) is 9.04. The van der Waals surface area contributed by atoms with Crippen molar-refractivity contribution >= 4 is 29.7 Å². The van der Waals surface area contributed by atoms with E-state index in [0.29, 0.717) is 57.5 Å². The lowest BCUT2D eigenvalue weighted by molar-refractivity contribution is 0.0728. The van der Waals surface area contributed by atoms with Gasteiger partial charge in [0.25, 0.3) is 11.8 Å². The van der Waals surface area contributed by atoms with E-state index in [1.54, 1.807) is 78.9 Å². The maximum atomic E-state index is 12.9. The first kappa shape index (κ1) is 31.1. The third-order valence-corrected chi connectivity index (χ3v) is 6.19. The van der Waals surface area contributed by atoms with E-state index in [2.05, 4.69) is 15.8 Å². The molecule has 4 aromatic carbocycles. The summed E-state index contributed by atoms with van der Waals surface area (Å²) in [5, 5.41) is 6.80. The Morgan fingerprint density at radius 2 is 1.39 bits per heavy atom. The summed E-state index contributed by atoms with van der Waals surface area (Å²) in [5.74, 6) is 0.325. The van der Waals surface area contributed by atoms with Crippen molar-refractivity contribution in [1.29, 1.82) is 0 Å². The number of anilines is 1. The van der Waals surface area contributed by atoms with Crippen LogP contribution in [0.25, 0.3) is 0 Å². The first-order valence-corrected chi connectivity index (χ1v) is 13.5. The average molecular weight is 598 g/mol. The van der Waals surface area contributed by atoms with Crippen molar-refractivity contribution in [3.63, 3.8) is 0 Å². The summed E-state index contributed by atoms with van der Waals surface area (Å²) in [5.41, 5.74) is 4.58. The van der Waals surface area contributed by atoms with Gasteiger partial charge in [0.2, 0.25) is 5.75 Å². The first-order chi connectivity index (χ1) is 21.4. The van der Waals surface area contributed by atoms with Gasteiger partial charge in [-0.25, -0.2) is 10.2 Å². The van der Waals surface area contributed by atoms with E-state index in [0.717, 1.165) is 0 Å². The third-order valence-electron chi connectivity index (χ3n) is 6.19. The van der Waals surface area contributed by atoms with E-state index in [1.165, 1.54) is 27.5 Å². The summed E-state index contributed by atoms with van der Waals surface area (Å²) in [6.45, 7) is 2.17. The standard InChI is InChI=1S/C33H31N3O8/c1-5-43-27-17-21(11-16-26(27)44-33(39)23-9-7-6-8-10-23)20-34-36-32(38)22-12-14-25(15-13-22)35-31(37)24-18-28(40-2)30(42-4)29(19-24)41-3/h6-20H,5H2,1-4H3,(H,35,37)(H,36,38)/b34-20-. The van der Waals surface area contributed by atoms with Crippen molar-refractivity contribution in [2.45, 2.75) is 6.92 Å². The monoisotopic (exact) mass is 597 g/mol. The number of hydrazone groups is 1. The highest BCUT2D eigenvalue weighted by Gasteiger charge is 2.17. The molecular weight excluding hydrogens is 566 g/mol. The molecule has 11 heteroatoms. The van der Waals surface area contributed by atoms with Crippen LogP contribution in [0.15, 0.2) is 90.0 Å². The SMILES string of the molecule is CCOc1cc(/C=N\NC(=O)c2ccc(NC(=O)c3cc(OC)c(OC)c(OC)c3)cc2)ccc1OC(=O)c1ccccc1. The Labute approximate surface area is 254 Å². The number of esters is 1. The smallest absolute Gasteiger partial charge is 0.343 e. The molecule has 0 atom stereocenters. The molecule has 0 spiro atoms. The Kier molecular flexibility index (Phi) is 10.5. The summed E-state index contributed by atoms with van der Waals surface area (Å²) < 4.78 is 27.1. The number of ether oxygens (including phenoxy) is 5. The highest BCUT2D eigenvalue weighted by atomic mass is 16.6. The molecule has 0 radical (unpaired) electrons. The van der Waals surface area contributed by atoms with Crippen LogP contribution in [0.5, 0.6) is 28.7 Å². The molecule has 44 heavy (non-hydrogen) atoms. The lowest BCUT2D eigenvalue weighted by Crippen LogP contribution is -2.18. The number of carbonyl (C=O) groups excluding carboxylic acids is 3. The summed E-state index contributed by atoms with van der Waals surface area (Å²) in [6, 6.07) is 22.9. The summed E-state index contributed by atoms with van der Waals surface area (Å²) in [7, 11) is 4.41. The zero-order chi connectivity index (χ0) is 31.5. The number of nitrogens with one attached hydrogen (secondary N) is 2. The zero-order valence-corrected chi connectivity index (χ0v) is 24.6. The number of hydrogen-bond acceptors (Lipinski definition) is 9. The molecule has 0 saturated carbocycles. The number of rotatable bonds is 12. The van der Waals surface area contributed by atoms with E-state index in [4.69, 9.17) is 23.7 Å². The zero-order valence-electron chi connectivity index (χ0n) is 24.6. The second-order valence-electron chi connectivity index (χ2n) is 9.04. The van der Waals surface area contributed by atoms with E-state index < -0.39 is 17.8 Å². The molecule has 226 valence electrons. The van der Waals surface area contributed by atoms with E-state index in [-0.39, 0.29) is 5.75 Å². The number of amides is 2.